The second kappa shape index (κ2) is 6.89. The molecule has 126 valence electrons. The predicted molar refractivity (Wildman–Crippen MR) is 80.8 cm³/mol. The molecule has 0 fully saturated rings. The van der Waals surface area contributed by atoms with Gasteiger partial charge < -0.3 is 5.11 Å². The molecule has 0 aliphatic carbocycles. The van der Waals surface area contributed by atoms with E-state index in [0.29, 0.717) is 12.2 Å². The van der Waals surface area contributed by atoms with Crippen LogP contribution in [0.15, 0.2) is 10.9 Å². The van der Waals surface area contributed by atoms with Gasteiger partial charge in [0.2, 0.25) is 0 Å². The van der Waals surface area contributed by atoms with E-state index in [0.717, 1.165) is 23.5 Å². The van der Waals surface area contributed by atoms with Crippen LogP contribution < -0.4 is 5.56 Å². The van der Waals surface area contributed by atoms with Gasteiger partial charge in [0, 0.05) is 35.8 Å². The first kappa shape index (κ1) is 17.1. The molecule has 2 heterocycles. The number of nitrogens with zero attached hydrogens (tertiary/aromatic N) is 3. The Bertz CT molecular complexity index is 780. The summed E-state index contributed by atoms with van der Waals surface area (Å²) in [6.45, 7) is 4.15. The summed E-state index contributed by atoms with van der Waals surface area (Å²) in [6.07, 6.45) is -1.31. The molecule has 0 spiro atoms. The summed E-state index contributed by atoms with van der Waals surface area (Å²) >= 11 is 0. The number of aromatic nitrogens is 3. The van der Waals surface area contributed by atoms with E-state index in [1.54, 1.807) is 11.6 Å². The van der Waals surface area contributed by atoms with Gasteiger partial charge in [0.05, 0.1) is 6.42 Å². The minimum Gasteiger partial charge on any atom is -0.481 e. The van der Waals surface area contributed by atoms with Crippen LogP contribution in [0.25, 0.3) is 11.0 Å². The highest BCUT2D eigenvalue weighted by Crippen LogP contribution is 2.29. The third kappa shape index (κ3) is 3.40. The molecule has 8 heteroatoms. The Morgan fingerprint density at radius 1 is 1.39 bits per heavy atom. The Morgan fingerprint density at radius 3 is 2.65 bits per heavy atom. The van der Waals surface area contributed by atoms with Crippen molar-refractivity contribution in [3.8, 4) is 0 Å². The van der Waals surface area contributed by atoms with Crippen molar-refractivity contribution in [2.24, 2.45) is 0 Å². The summed E-state index contributed by atoms with van der Waals surface area (Å²) in [6, 6.07) is 0.883. The topological polar surface area (TPSA) is 77.1 Å². The van der Waals surface area contributed by atoms with Gasteiger partial charge in [0.1, 0.15) is 0 Å². The van der Waals surface area contributed by atoms with Crippen molar-refractivity contribution in [2.45, 2.75) is 52.6 Å². The largest absolute Gasteiger partial charge is 0.481 e. The van der Waals surface area contributed by atoms with E-state index in [1.165, 1.54) is 0 Å². The van der Waals surface area contributed by atoms with Crippen LogP contribution in [0.4, 0.5) is 8.78 Å². The van der Waals surface area contributed by atoms with Crippen LogP contribution in [0.3, 0.4) is 0 Å². The number of pyridine rings is 1. The first-order valence-electron chi connectivity index (χ1n) is 7.47. The molecule has 0 aliphatic heterocycles. The number of halogens is 2. The van der Waals surface area contributed by atoms with Gasteiger partial charge in [-0.05, 0) is 13.3 Å². The van der Waals surface area contributed by atoms with Gasteiger partial charge in [-0.3, -0.25) is 18.8 Å². The SMILES string of the molecule is CCCCn1nc2c(c(C(F)F)cc(=O)n2CCC(=O)O)c1C. The van der Waals surface area contributed by atoms with Crippen molar-refractivity contribution in [3.63, 3.8) is 0 Å². The number of hydrogen-bond acceptors (Lipinski definition) is 3. The van der Waals surface area contributed by atoms with Crippen molar-refractivity contribution in [3.05, 3.63) is 27.7 Å². The lowest BCUT2D eigenvalue weighted by atomic mass is 10.1. The van der Waals surface area contributed by atoms with E-state index in [4.69, 9.17) is 5.11 Å². The highest BCUT2D eigenvalue weighted by Gasteiger charge is 2.22. The number of hydrogen-bond donors (Lipinski definition) is 1. The van der Waals surface area contributed by atoms with Crippen molar-refractivity contribution in [1.29, 1.82) is 0 Å². The Hall–Kier alpha value is -2.25. The van der Waals surface area contributed by atoms with Gasteiger partial charge in [0.25, 0.3) is 12.0 Å². The lowest BCUT2D eigenvalue weighted by molar-refractivity contribution is -0.137. The smallest absolute Gasteiger partial charge is 0.305 e. The molecule has 2 aromatic rings. The van der Waals surface area contributed by atoms with Crippen molar-refractivity contribution in [1.82, 2.24) is 14.3 Å². The Morgan fingerprint density at radius 2 is 2.09 bits per heavy atom. The molecule has 0 aliphatic rings. The number of unbranched alkanes of at least 4 members (excludes halogenated alkanes) is 1. The summed E-state index contributed by atoms with van der Waals surface area (Å²) in [4.78, 5) is 22.8. The molecule has 0 amide bonds. The predicted octanol–water partition coefficient (Wildman–Crippen LogP) is 2.72. The number of fused-ring (bicyclic) bond motifs is 1. The van der Waals surface area contributed by atoms with Gasteiger partial charge in [-0.25, -0.2) is 8.78 Å². The maximum atomic E-state index is 13.3. The number of aliphatic carboxylic acids is 1. The summed E-state index contributed by atoms with van der Waals surface area (Å²) in [5.41, 5.74) is -0.318. The van der Waals surface area contributed by atoms with Gasteiger partial charge in [-0.2, -0.15) is 5.10 Å². The molecule has 0 saturated carbocycles. The molecular formula is C15H19F2N3O3. The Balaban J connectivity index is 2.67. The van der Waals surface area contributed by atoms with Gasteiger partial charge >= 0.3 is 5.97 Å². The zero-order chi connectivity index (χ0) is 17.1. The minimum absolute atomic E-state index is 0.0988. The van der Waals surface area contributed by atoms with E-state index >= 15 is 0 Å². The van der Waals surface area contributed by atoms with Gasteiger partial charge in [0.15, 0.2) is 5.65 Å². The lowest BCUT2D eigenvalue weighted by Crippen LogP contribution is -2.22. The molecule has 2 aromatic heterocycles. The number of carboxylic acids is 1. The summed E-state index contributed by atoms with van der Waals surface area (Å²) in [5, 5.41) is 13.3. The summed E-state index contributed by atoms with van der Waals surface area (Å²) in [5.74, 6) is -1.06. The quantitative estimate of drug-likeness (QED) is 0.848. The highest BCUT2D eigenvalue weighted by molar-refractivity contribution is 5.82. The van der Waals surface area contributed by atoms with Crippen molar-refractivity contribution >= 4 is 17.0 Å². The monoisotopic (exact) mass is 327 g/mol. The van der Waals surface area contributed by atoms with Crippen molar-refractivity contribution in [2.75, 3.05) is 0 Å². The van der Waals surface area contributed by atoms with E-state index in [9.17, 15) is 18.4 Å². The number of carbonyl (C=O) groups is 1. The fraction of sp³-hybridized carbons (Fsp3) is 0.533. The second-order valence-electron chi connectivity index (χ2n) is 5.39. The van der Waals surface area contributed by atoms with Crippen molar-refractivity contribution < 1.29 is 18.7 Å². The van der Waals surface area contributed by atoms with Gasteiger partial charge in [-0.1, -0.05) is 13.3 Å². The third-order valence-corrected chi connectivity index (χ3v) is 3.79. The molecule has 23 heavy (non-hydrogen) atoms. The molecule has 0 aromatic carbocycles. The Kier molecular flexibility index (Phi) is 5.12. The van der Waals surface area contributed by atoms with E-state index in [1.807, 2.05) is 6.92 Å². The third-order valence-electron chi connectivity index (χ3n) is 3.79. The maximum absolute atomic E-state index is 13.3. The maximum Gasteiger partial charge on any atom is 0.305 e. The molecule has 1 N–H and O–H groups in total. The summed E-state index contributed by atoms with van der Waals surface area (Å²) < 4.78 is 29.3. The normalized spacial score (nSPS) is 11.5. The van der Waals surface area contributed by atoms with Crippen LogP contribution in [-0.2, 0) is 17.9 Å². The average Bonchev–Trinajstić information content (AvgIpc) is 2.80. The number of alkyl halides is 2. The first-order valence-corrected chi connectivity index (χ1v) is 7.47. The molecular weight excluding hydrogens is 308 g/mol. The molecule has 0 unspecified atom stereocenters. The zero-order valence-electron chi connectivity index (χ0n) is 13.1. The number of aryl methyl sites for hydroxylation is 3. The first-order chi connectivity index (χ1) is 10.9. The highest BCUT2D eigenvalue weighted by atomic mass is 19.3. The van der Waals surface area contributed by atoms with Crippen LogP contribution in [0, 0.1) is 6.92 Å². The minimum atomic E-state index is -2.79. The van der Waals surface area contributed by atoms with Crippen LogP contribution in [0.5, 0.6) is 0 Å². The average molecular weight is 327 g/mol. The fourth-order valence-corrected chi connectivity index (χ4v) is 2.57. The van der Waals surface area contributed by atoms with E-state index < -0.39 is 18.0 Å². The Labute approximate surface area is 131 Å². The van der Waals surface area contributed by atoms with Gasteiger partial charge in [-0.15, -0.1) is 0 Å². The second-order valence-corrected chi connectivity index (χ2v) is 5.39. The van der Waals surface area contributed by atoms with Crippen LogP contribution in [-0.4, -0.2) is 25.4 Å². The number of carboxylic acid groups (broad SMARTS) is 1. The molecule has 6 nitrogen and oxygen atoms in total. The summed E-state index contributed by atoms with van der Waals surface area (Å²) in [7, 11) is 0. The van der Waals surface area contributed by atoms with Crippen LogP contribution in [0.2, 0.25) is 0 Å². The molecule has 0 atom stereocenters. The van der Waals surface area contributed by atoms with E-state index in [-0.39, 0.29) is 29.6 Å². The molecule has 0 radical (unpaired) electrons. The van der Waals surface area contributed by atoms with E-state index in [2.05, 4.69) is 5.10 Å². The zero-order valence-corrected chi connectivity index (χ0v) is 13.1. The lowest BCUT2D eigenvalue weighted by Gasteiger charge is -2.08. The van der Waals surface area contributed by atoms with Crippen LogP contribution >= 0.6 is 0 Å². The molecule has 0 saturated heterocycles. The van der Waals surface area contributed by atoms with Crippen LogP contribution in [0.1, 0.15) is 43.9 Å². The standard InChI is InChI=1S/C15H19F2N3O3/c1-3-4-6-20-9(2)13-10(14(16)17)8-11(21)19(15(13)18-20)7-5-12(22)23/h8,14H,3-7H2,1-2H3,(H,22,23). The molecule has 2 rings (SSSR count). The molecule has 0 bridgehead atoms. The fourth-order valence-electron chi connectivity index (χ4n) is 2.57. The number of rotatable bonds is 7.